The molecule has 2 aliphatic rings. The molecule has 2 saturated heterocycles. The van der Waals surface area contributed by atoms with Crippen LogP contribution in [0.4, 0.5) is 0 Å². The van der Waals surface area contributed by atoms with Crippen molar-refractivity contribution in [2.24, 2.45) is 5.41 Å². The van der Waals surface area contributed by atoms with E-state index < -0.39 is 0 Å². The molecule has 70 valence electrons. The number of aliphatic hydroxyl groups is 1. The smallest absolute Gasteiger partial charge is 0.0579 e. The molecule has 0 aromatic rings. The van der Waals surface area contributed by atoms with Gasteiger partial charge in [-0.2, -0.15) is 0 Å². The van der Waals surface area contributed by atoms with Gasteiger partial charge in [0.05, 0.1) is 25.2 Å². The van der Waals surface area contributed by atoms with Crippen molar-refractivity contribution in [3.05, 3.63) is 0 Å². The molecule has 0 aromatic heterocycles. The van der Waals surface area contributed by atoms with Crippen molar-refractivity contribution >= 4 is 0 Å². The summed E-state index contributed by atoms with van der Waals surface area (Å²) < 4.78 is 5.15. The van der Waals surface area contributed by atoms with Crippen LogP contribution in [-0.2, 0) is 4.74 Å². The molecule has 2 aliphatic heterocycles. The topological polar surface area (TPSA) is 32.7 Å². The normalized spacial score (nSPS) is 28.8. The van der Waals surface area contributed by atoms with Gasteiger partial charge in [0.1, 0.15) is 0 Å². The van der Waals surface area contributed by atoms with Crippen molar-refractivity contribution < 1.29 is 9.84 Å². The summed E-state index contributed by atoms with van der Waals surface area (Å²) in [5.74, 6) is 0. The second kappa shape index (κ2) is 3.32. The lowest BCUT2D eigenvalue weighted by atomic mass is 9.86. The molecule has 2 rings (SSSR count). The molecular weight excluding hydrogens is 154 g/mol. The van der Waals surface area contributed by atoms with E-state index in [0.29, 0.717) is 0 Å². The number of aliphatic hydroxyl groups excluding tert-OH is 1. The summed E-state index contributed by atoms with van der Waals surface area (Å²) in [6.07, 6.45) is 2.64. The number of likely N-dealkylation sites (tertiary alicyclic amines) is 1. The van der Waals surface area contributed by atoms with E-state index in [2.05, 4.69) is 4.90 Å². The summed E-state index contributed by atoms with van der Waals surface area (Å²) in [6.45, 7) is 5.23. The molecule has 0 bridgehead atoms. The van der Waals surface area contributed by atoms with Gasteiger partial charge in [0.2, 0.25) is 0 Å². The summed E-state index contributed by atoms with van der Waals surface area (Å²) in [5.41, 5.74) is 0.0876. The van der Waals surface area contributed by atoms with Crippen LogP contribution in [0.5, 0.6) is 0 Å². The Morgan fingerprint density at radius 1 is 1.25 bits per heavy atom. The predicted molar refractivity (Wildman–Crippen MR) is 46.0 cm³/mol. The molecule has 3 heteroatoms. The Morgan fingerprint density at radius 3 is 2.33 bits per heavy atom. The molecule has 0 radical (unpaired) electrons. The van der Waals surface area contributed by atoms with Gasteiger partial charge in [0.15, 0.2) is 0 Å². The van der Waals surface area contributed by atoms with E-state index in [-0.39, 0.29) is 12.0 Å². The molecule has 1 N–H and O–H groups in total. The van der Waals surface area contributed by atoms with Crippen LogP contribution in [0, 0.1) is 5.41 Å². The highest BCUT2D eigenvalue weighted by molar-refractivity contribution is 4.89. The van der Waals surface area contributed by atoms with Crippen LogP contribution in [0.2, 0.25) is 0 Å². The first-order valence-electron chi connectivity index (χ1n) is 4.76. The number of hydrogen-bond donors (Lipinski definition) is 1. The van der Waals surface area contributed by atoms with Crippen molar-refractivity contribution in [1.29, 1.82) is 0 Å². The third-order valence-corrected chi connectivity index (χ3v) is 2.91. The van der Waals surface area contributed by atoms with E-state index in [4.69, 9.17) is 4.74 Å². The average Bonchev–Trinajstić information content (AvgIpc) is 2.49. The summed E-state index contributed by atoms with van der Waals surface area (Å²) in [6, 6.07) is 0. The van der Waals surface area contributed by atoms with Gasteiger partial charge in [-0.15, -0.1) is 0 Å². The van der Waals surface area contributed by atoms with Crippen molar-refractivity contribution in [2.75, 3.05) is 39.5 Å². The minimum absolute atomic E-state index is 0.0876. The van der Waals surface area contributed by atoms with E-state index in [1.165, 1.54) is 25.9 Å². The first-order chi connectivity index (χ1) is 5.85. The average molecular weight is 171 g/mol. The van der Waals surface area contributed by atoms with Crippen LogP contribution in [0.1, 0.15) is 12.8 Å². The number of ether oxygens (including phenoxy) is 1. The maximum Gasteiger partial charge on any atom is 0.0579 e. The lowest BCUT2D eigenvalue weighted by Gasteiger charge is -2.42. The molecule has 2 fully saturated rings. The number of hydrogen-bond acceptors (Lipinski definition) is 3. The zero-order valence-electron chi connectivity index (χ0n) is 7.46. The van der Waals surface area contributed by atoms with Crippen LogP contribution in [-0.4, -0.2) is 49.5 Å². The van der Waals surface area contributed by atoms with Crippen LogP contribution in [0.15, 0.2) is 0 Å². The maximum absolute atomic E-state index is 9.19. The SMILES string of the molecule is OCC1(CN2CCCC2)COC1. The highest BCUT2D eigenvalue weighted by Crippen LogP contribution is 2.29. The maximum atomic E-state index is 9.19. The molecule has 12 heavy (non-hydrogen) atoms. The van der Waals surface area contributed by atoms with Crippen molar-refractivity contribution in [2.45, 2.75) is 12.8 Å². The quantitative estimate of drug-likeness (QED) is 0.653. The van der Waals surface area contributed by atoms with E-state index in [1.807, 2.05) is 0 Å². The first kappa shape index (κ1) is 8.48. The van der Waals surface area contributed by atoms with Gasteiger partial charge < -0.3 is 14.7 Å². The summed E-state index contributed by atoms with van der Waals surface area (Å²) in [7, 11) is 0. The summed E-state index contributed by atoms with van der Waals surface area (Å²) in [4.78, 5) is 2.44. The first-order valence-corrected chi connectivity index (χ1v) is 4.76. The van der Waals surface area contributed by atoms with Gasteiger partial charge in [0, 0.05) is 6.54 Å². The second-order valence-electron chi connectivity index (χ2n) is 4.13. The minimum atomic E-state index is 0.0876. The third kappa shape index (κ3) is 1.49. The highest BCUT2D eigenvalue weighted by atomic mass is 16.5. The van der Waals surface area contributed by atoms with Gasteiger partial charge in [-0.25, -0.2) is 0 Å². The highest BCUT2D eigenvalue weighted by Gasteiger charge is 2.39. The second-order valence-corrected chi connectivity index (χ2v) is 4.13. The zero-order chi connectivity index (χ0) is 8.44. The van der Waals surface area contributed by atoms with Crippen LogP contribution >= 0.6 is 0 Å². The van der Waals surface area contributed by atoms with E-state index in [9.17, 15) is 5.11 Å². The number of nitrogens with zero attached hydrogens (tertiary/aromatic N) is 1. The van der Waals surface area contributed by atoms with Gasteiger partial charge >= 0.3 is 0 Å². The predicted octanol–water partition coefficient (Wildman–Crippen LogP) is 0.0911. The van der Waals surface area contributed by atoms with Gasteiger partial charge in [-0.1, -0.05) is 0 Å². The van der Waals surface area contributed by atoms with Crippen molar-refractivity contribution in [1.82, 2.24) is 4.90 Å². The third-order valence-electron chi connectivity index (χ3n) is 2.91. The fourth-order valence-electron chi connectivity index (χ4n) is 2.04. The Labute approximate surface area is 73.3 Å². The molecule has 0 unspecified atom stereocenters. The molecule has 0 saturated carbocycles. The molecule has 2 heterocycles. The Balaban J connectivity index is 1.83. The van der Waals surface area contributed by atoms with Crippen molar-refractivity contribution in [3.8, 4) is 0 Å². The zero-order valence-corrected chi connectivity index (χ0v) is 7.46. The van der Waals surface area contributed by atoms with Gasteiger partial charge in [0.25, 0.3) is 0 Å². The summed E-state index contributed by atoms with van der Waals surface area (Å²) in [5, 5.41) is 9.19. The van der Waals surface area contributed by atoms with Crippen molar-refractivity contribution in [3.63, 3.8) is 0 Å². The largest absolute Gasteiger partial charge is 0.396 e. The lowest BCUT2D eigenvalue weighted by Crippen LogP contribution is -2.52. The molecule has 0 aromatic carbocycles. The van der Waals surface area contributed by atoms with Crippen LogP contribution < -0.4 is 0 Å². The standard InChI is InChI=1S/C9H17NO2/c11-6-9(7-12-8-9)5-10-3-1-2-4-10/h11H,1-8H2. The molecule has 0 atom stereocenters. The molecule has 0 spiro atoms. The summed E-state index contributed by atoms with van der Waals surface area (Å²) >= 11 is 0. The van der Waals surface area contributed by atoms with E-state index >= 15 is 0 Å². The minimum Gasteiger partial charge on any atom is -0.396 e. The molecule has 3 nitrogen and oxygen atoms in total. The number of rotatable bonds is 3. The monoisotopic (exact) mass is 171 g/mol. The van der Waals surface area contributed by atoms with Crippen LogP contribution in [0.25, 0.3) is 0 Å². The Kier molecular flexibility index (Phi) is 2.35. The Hall–Kier alpha value is -0.120. The fourth-order valence-corrected chi connectivity index (χ4v) is 2.04. The molecule has 0 aliphatic carbocycles. The Morgan fingerprint density at radius 2 is 1.92 bits per heavy atom. The fraction of sp³-hybridized carbons (Fsp3) is 1.00. The lowest BCUT2D eigenvalue weighted by molar-refractivity contribution is -0.146. The Bertz CT molecular complexity index is 145. The van der Waals surface area contributed by atoms with E-state index in [0.717, 1.165) is 19.8 Å². The van der Waals surface area contributed by atoms with Gasteiger partial charge in [-0.3, -0.25) is 0 Å². The van der Waals surface area contributed by atoms with E-state index in [1.54, 1.807) is 0 Å². The molecular formula is C9H17NO2. The van der Waals surface area contributed by atoms with Gasteiger partial charge in [-0.05, 0) is 25.9 Å². The molecule has 0 amide bonds. The van der Waals surface area contributed by atoms with Crippen LogP contribution in [0.3, 0.4) is 0 Å².